The van der Waals surface area contributed by atoms with Gasteiger partial charge in [-0.3, -0.25) is 4.79 Å². The summed E-state index contributed by atoms with van der Waals surface area (Å²) in [5.74, 6) is 0.478. The monoisotopic (exact) mass is 248 g/mol. The Balaban J connectivity index is 2.52. The number of hydrogen-bond donors (Lipinski definition) is 2. The molecule has 1 aromatic rings. The van der Waals surface area contributed by atoms with Crippen molar-refractivity contribution in [1.82, 2.24) is 5.32 Å². The number of nitrogens with one attached hydrogen (secondary N) is 1. The highest BCUT2D eigenvalue weighted by Crippen LogP contribution is 2.11. The van der Waals surface area contributed by atoms with Gasteiger partial charge in [-0.25, -0.2) is 0 Å². The van der Waals surface area contributed by atoms with Crippen LogP contribution in [0.3, 0.4) is 0 Å². The van der Waals surface area contributed by atoms with E-state index in [4.69, 9.17) is 5.73 Å². The van der Waals surface area contributed by atoms with Crippen molar-refractivity contribution in [3.05, 3.63) is 35.4 Å². The van der Waals surface area contributed by atoms with E-state index in [0.29, 0.717) is 19.0 Å². The Bertz CT molecular complexity index is 388. The summed E-state index contributed by atoms with van der Waals surface area (Å²) in [5.41, 5.74) is 8.02. The molecule has 0 aliphatic heterocycles. The molecule has 1 rings (SSSR count). The fourth-order valence-electron chi connectivity index (χ4n) is 2.01. The Labute approximate surface area is 110 Å². The molecule has 0 spiro atoms. The van der Waals surface area contributed by atoms with E-state index in [-0.39, 0.29) is 11.8 Å². The molecular weight excluding hydrogens is 224 g/mol. The van der Waals surface area contributed by atoms with Gasteiger partial charge in [-0.1, -0.05) is 38.1 Å². The first-order chi connectivity index (χ1) is 8.54. The first-order valence-corrected chi connectivity index (χ1v) is 6.56. The van der Waals surface area contributed by atoms with Crippen LogP contribution in [0.4, 0.5) is 0 Å². The van der Waals surface area contributed by atoms with Crippen molar-refractivity contribution < 1.29 is 4.79 Å². The van der Waals surface area contributed by atoms with Gasteiger partial charge in [-0.05, 0) is 30.4 Å². The third-order valence-electron chi connectivity index (χ3n) is 3.13. The number of aryl methyl sites for hydroxylation is 1. The van der Waals surface area contributed by atoms with Crippen molar-refractivity contribution in [3.8, 4) is 0 Å². The summed E-state index contributed by atoms with van der Waals surface area (Å²) in [6.07, 6.45) is 0.843. The summed E-state index contributed by atoms with van der Waals surface area (Å²) >= 11 is 0. The number of carbonyl (C=O) groups excluding carboxylic acids is 1. The Morgan fingerprint density at radius 3 is 2.56 bits per heavy atom. The van der Waals surface area contributed by atoms with Gasteiger partial charge in [0.05, 0.1) is 5.92 Å². The second-order valence-electron chi connectivity index (χ2n) is 5.21. The van der Waals surface area contributed by atoms with Gasteiger partial charge in [0.1, 0.15) is 0 Å². The van der Waals surface area contributed by atoms with E-state index in [1.807, 2.05) is 18.2 Å². The predicted octanol–water partition coefficient (Wildman–Crippen LogP) is 2.23. The van der Waals surface area contributed by atoms with E-state index in [9.17, 15) is 4.79 Å². The first-order valence-electron chi connectivity index (χ1n) is 6.56. The minimum Gasteiger partial charge on any atom is -0.352 e. The average molecular weight is 248 g/mol. The lowest BCUT2D eigenvalue weighted by molar-refractivity contribution is -0.125. The van der Waals surface area contributed by atoms with Gasteiger partial charge in [0.15, 0.2) is 0 Å². The fraction of sp³-hybridized carbons (Fsp3) is 0.533. The number of carbonyl (C=O) groups is 1. The summed E-state index contributed by atoms with van der Waals surface area (Å²) in [5, 5.41) is 2.98. The topological polar surface area (TPSA) is 55.1 Å². The van der Waals surface area contributed by atoms with E-state index >= 15 is 0 Å². The fourth-order valence-corrected chi connectivity index (χ4v) is 2.01. The molecule has 0 saturated heterocycles. The second-order valence-corrected chi connectivity index (χ2v) is 5.21. The number of amides is 1. The molecule has 1 unspecified atom stereocenters. The Hall–Kier alpha value is -1.35. The summed E-state index contributed by atoms with van der Waals surface area (Å²) in [6.45, 7) is 7.27. The van der Waals surface area contributed by atoms with Crippen molar-refractivity contribution in [2.24, 2.45) is 17.6 Å². The van der Waals surface area contributed by atoms with Gasteiger partial charge >= 0.3 is 0 Å². The minimum absolute atomic E-state index is 0.0643. The van der Waals surface area contributed by atoms with E-state index in [2.05, 4.69) is 32.2 Å². The van der Waals surface area contributed by atoms with E-state index in [1.54, 1.807) is 0 Å². The molecule has 1 aromatic carbocycles. The highest BCUT2D eigenvalue weighted by Gasteiger charge is 2.17. The van der Waals surface area contributed by atoms with Crippen LogP contribution in [0.5, 0.6) is 0 Å². The Kier molecular flexibility index (Phi) is 5.86. The maximum Gasteiger partial charge on any atom is 0.224 e. The normalized spacial score (nSPS) is 12.5. The minimum atomic E-state index is -0.0750. The number of rotatable bonds is 6. The van der Waals surface area contributed by atoms with Crippen LogP contribution in [-0.4, -0.2) is 12.5 Å². The molecule has 100 valence electrons. The smallest absolute Gasteiger partial charge is 0.224 e. The first kappa shape index (κ1) is 14.7. The molecule has 3 heteroatoms. The van der Waals surface area contributed by atoms with Crippen LogP contribution >= 0.6 is 0 Å². The zero-order valence-corrected chi connectivity index (χ0v) is 11.6. The highest BCUT2D eigenvalue weighted by molar-refractivity contribution is 5.78. The highest BCUT2D eigenvalue weighted by atomic mass is 16.1. The van der Waals surface area contributed by atoms with Crippen LogP contribution in [0.1, 0.15) is 31.4 Å². The summed E-state index contributed by atoms with van der Waals surface area (Å²) in [6, 6.07) is 8.08. The Morgan fingerprint density at radius 2 is 2.00 bits per heavy atom. The van der Waals surface area contributed by atoms with Crippen molar-refractivity contribution in [2.45, 2.75) is 33.7 Å². The van der Waals surface area contributed by atoms with Crippen molar-refractivity contribution in [1.29, 1.82) is 0 Å². The lowest BCUT2D eigenvalue weighted by Crippen LogP contribution is -2.35. The van der Waals surface area contributed by atoms with Gasteiger partial charge < -0.3 is 11.1 Å². The van der Waals surface area contributed by atoms with E-state index < -0.39 is 0 Å². The second kappa shape index (κ2) is 7.17. The van der Waals surface area contributed by atoms with Crippen LogP contribution in [0.2, 0.25) is 0 Å². The molecule has 1 atom stereocenters. The molecule has 0 aliphatic carbocycles. The standard InChI is InChI=1S/C15H24N2O/c1-11(2)8-14(9-16)15(18)17-10-13-7-5-4-6-12(13)3/h4-7,11,14H,8-10,16H2,1-3H3,(H,17,18). The largest absolute Gasteiger partial charge is 0.352 e. The van der Waals surface area contributed by atoms with Crippen molar-refractivity contribution in [3.63, 3.8) is 0 Å². The molecule has 0 bridgehead atoms. The van der Waals surface area contributed by atoms with Crippen LogP contribution in [0, 0.1) is 18.8 Å². The third kappa shape index (κ3) is 4.49. The quantitative estimate of drug-likeness (QED) is 0.811. The molecular formula is C15H24N2O. The average Bonchev–Trinajstić information content (AvgIpc) is 2.34. The zero-order valence-electron chi connectivity index (χ0n) is 11.6. The molecule has 18 heavy (non-hydrogen) atoms. The SMILES string of the molecule is Cc1ccccc1CNC(=O)C(CN)CC(C)C. The lowest BCUT2D eigenvalue weighted by atomic mass is 9.96. The maximum atomic E-state index is 12.0. The van der Waals surface area contributed by atoms with Gasteiger partial charge in [0, 0.05) is 13.1 Å². The number of nitrogens with two attached hydrogens (primary N) is 1. The summed E-state index contributed by atoms with van der Waals surface area (Å²) in [4.78, 5) is 12.0. The van der Waals surface area contributed by atoms with Crippen LogP contribution in [0.25, 0.3) is 0 Å². The summed E-state index contributed by atoms with van der Waals surface area (Å²) < 4.78 is 0. The van der Waals surface area contributed by atoms with E-state index in [0.717, 1.165) is 12.0 Å². The van der Waals surface area contributed by atoms with Crippen LogP contribution in [0.15, 0.2) is 24.3 Å². The molecule has 3 nitrogen and oxygen atoms in total. The molecule has 0 saturated carbocycles. The Morgan fingerprint density at radius 1 is 1.33 bits per heavy atom. The van der Waals surface area contributed by atoms with Gasteiger partial charge in [0.25, 0.3) is 0 Å². The molecule has 3 N–H and O–H groups in total. The molecule has 1 amide bonds. The molecule has 0 radical (unpaired) electrons. The van der Waals surface area contributed by atoms with E-state index in [1.165, 1.54) is 5.56 Å². The molecule has 0 aliphatic rings. The van der Waals surface area contributed by atoms with Gasteiger partial charge in [-0.2, -0.15) is 0 Å². The van der Waals surface area contributed by atoms with Crippen molar-refractivity contribution in [2.75, 3.05) is 6.54 Å². The van der Waals surface area contributed by atoms with Gasteiger partial charge in [-0.15, -0.1) is 0 Å². The van der Waals surface area contributed by atoms with Crippen LogP contribution in [-0.2, 0) is 11.3 Å². The third-order valence-corrected chi connectivity index (χ3v) is 3.13. The number of hydrogen-bond acceptors (Lipinski definition) is 2. The maximum absolute atomic E-state index is 12.0. The predicted molar refractivity (Wildman–Crippen MR) is 75.0 cm³/mol. The molecule has 0 heterocycles. The molecule has 0 fully saturated rings. The van der Waals surface area contributed by atoms with Crippen LogP contribution < -0.4 is 11.1 Å². The summed E-state index contributed by atoms with van der Waals surface area (Å²) in [7, 11) is 0. The lowest BCUT2D eigenvalue weighted by Gasteiger charge is -2.17. The molecule has 0 aromatic heterocycles. The van der Waals surface area contributed by atoms with Crippen molar-refractivity contribution >= 4 is 5.91 Å². The zero-order chi connectivity index (χ0) is 13.5. The number of benzene rings is 1. The van der Waals surface area contributed by atoms with Gasteiger partial charge in [0.2, 0.25) is 5.91 Å².